The highest BCUT2D eigenvalue weighted by Crippen LogP contribution is 2.22. The van der Waals surface area contributed by atoms with E-state index in [2.05, 4.69) is 5.32 Å². The highest BCUT2D eigenvalue weighted by molar-refractivity contribution is 6.45. The summed E-state index contributed by atoms with van der Waals surface area (Å²) in [7, 11) is 0. The molecular weight excluding hydrogens is 408 g/mol. The summed E-state index contributed by atoms with van der Waals surface area (Å²) in [5.74, 6) is -1.09. The Morgan fingerprint density at radius 1 is 0.969 bits per heavy atom. The molecule has 2 aliphatic heterocycles. The summed E-state index contributed by atoms with van der Waals surface area (Å²) in [5, 5.41) is 3.34. The molecule has 3 amide bonds. The third-order valence-electron chi connectivity index (χ3n) is 6.32. The average Bonchev–Trinajstić information content (AvgIpc) is 3.40. The summed E-state index contributed by atoms with van der Waals surface area (Å²) in [4.78, 5) is 53.4. The van der Waals surface area contributed by atoms with Gasteiger partial charge in [-0.1, -0.05) is 18.2 Å². The maximum Gasteiger partial charge on any atom is 0.292 e. The molecule has 0 spiro atoms. The molecule has 0 saturated carbocycles. The summed E-state index contributed by atoms with van der Waals surface area (Å²) in [5.41, 5.74) is 1.07. The lowest BCUT2D eigenvalue weighted by Crippen LogP contribution is -2.37. The Labute approximate surface area is 187 Å². The van der Waals surface area contributed by atoms with Crippen LogP contribution in [0.4, 0.5) is 0 Å². The van der Waals surface area contributed by atoms with E-state index in [4.69, 9.17) is 0 Å². The van der Waals surface area contributed by atoms with Gasteiger partial charge in [-0.05, 0) is 38.2 Å². The molecule has 32 heavy (non-hydrogen) atoms. The van der Waals surface area contributed by atoms with Crippen molar-refractivity contribution in [3.05, 3.63) is 36.0 Å². The predicted molar refractivity (Wildman–Crippen MR) is 120 cm³/mol. The maximum absolute atomic E-state index is 12.9. The largest absolute Gasteiger partial charge is 0.349 e. The van der Waals surface area contributed by atoms with Gasteiger partial charge in [0.25, 0.3) is 11.7 Å². The van der Waals surface area contributed by atoms with Crippen molar-refractivity contribution in [2.24, 2.45) is 0 Å². The van der Waals surface area contributed by atoms with Crippen molar-refractivity contribution < 1.29 is 19.2 Å². The summed E-state index contributed by atoms with van der Waals surface area (Å²) >= 11 is 0. The lowest BCUT2D eigenvalue weighted by molar-refractivity contribution is -0.132. The number of ketones is 1. The van der Waals surface area contributed by atoms with Crippen LogP contribution in [0.15, 0.2) is 30.5 Å². The molecule has 1 N–H and O–H groups in total. The summed E-state index contributed by atoms with van der Waals surface area (Å²) in [6.07, 6.45) is 6.90. The number of rotatable bonds is 8. The molecule has 8 heteroatoms. The molecule has 2 aliphatic rings. The number of carbonyl (C=O) groups is 4. The van der Waals surface area contributed by atoms with Gasteiger partial charge in [0.05, 0.1) is 5.56 Å². The Bertz CT molecular complexity index is 1020. The molecular formula is C24H30N4O4. The van der Waals surface area contributed by atoms with E-state index in [0.717, 1.165) is 50.8 Å². The van der Waals surface area contributed by atoms with Gasteiger partial charge < -0.3 is 19.7 Å². The van der Waals surface area contributed by atoms with Crippen molar-refractivity contribution >= 4 is 34.4 Å². The highest BCUT2D eigenvalue weighted by atomic mass is 16.2. The Kier molecular flexibility index (Phi) is 6.87. The van der Waals surface area contributed by atoms with E-state index in [-0.39, 0.29) is 18.4 Å². The molecule has 0 bridgehead atoms. The smallest absolute Gasteiger partial charge is 0.292 e. The molecule has 1 aromatic carbocycles. The standard InChI is InChI=1S/C24H30N4O4/c29-21-10-6-14-26(21)15-7-11-25-24(32)23(31)19-16-28(20-9-3-2-8-18(19)20)17-22(30)27-12-4-1-5-13-27/h2-3,8-9,16H,1,4-7,10-15,17H2,(H,25,32). The number of para-hydroxylation sites is 1. The van der Waals surface area contributed by atoms with Crippen molar-refractivity contribution in [1.29, 1.82) is 0 Å². The van der Waals surface area contributed by atoms with Gasteiger partial charge in [0.15, 0.2) is 0 Å². The van der Waals surface area contributed by atoms with Gasteiger partial charge in [-0.15, -0.1) is 0 Å². The summed E-state index contributed by atoms with van der Waals surface area (Å²) in [6.45, 7) is 3.39. The van der Waals surface area contributed by atoms with E-state index in [0.29, 0.717) is 36.9 Å². The van der Waals surface area contributed by atoms with E-state index in [1.54, 1.807) is 21.7 Å². The lowest BCUT2D eigenvalue weighted by atomic mass is 10.1. The maximum atomic E-state index is 12.9. The molecule has 0 unspecified atom stereocenters. The van der Waals surface area contributed by atoms with Crippen LogP contribution in [-0.4, -0.2) is 70.6 Å². The van der Waals surface area contributed by atoms with Crippen LogP contribution in [0.3, 0.4) is 0 Å². The molecule has 3 heterocycles. The quantitative estimate of drug-likeness (QED) is 0.388. The molecule has 0 aliphatic carbocycles. The summed E-state index contributed by atoms with van der Waals surface area (Å²) < 4.78 is 1.77. The minimum atomic E-state index is -0.664. The van der Waals surface area contributed by atoms with Gasteiger partial charge in [0, 0.05) is 56.2 Å². The number of benzene rings is 1. The number of likely N-dealkylation sites (tertiary alicyclic amines) is 2. The number of piperidine rings is 1. The minimum Gasteiger partial charge on any atom is -0.349 e. The first-order chi connectivity index (χ1) is 15.5. The van der Waals surface area contributed by atoms with Gasteiger partial charge in [-0.25, -0.2) is 0 Å². The molecule has 1 aromatic heterocycles. The first kappa shape index (κ1) is 22.0. The Hall–Kier alpha value is -3.16. The van der Waals surface area contributed by atoms with E-state index in [1.807, 2.05) is 23.1 Å². The van der Waals surface area contributed by atoms with Gasteiger partial charge in [-0.3, -0.25) is 19.2 Å². The van der Waals surface area contributed by atoms with Gasteiger partial charge in [-0.2, -0.15) is 0 Å². The SMILES string of the molecule is O=C(NCCCN1CCCC1=O)C(=O)c1cn(CC(=O)N2CCCCC2)c2ccccc12. The Balaban J connectivity index is 1.40. The normalized spacial score (nSPS) is 16.6. The predicted octanol–water partition coefficient (Wildman–Crippen LogP) is 1.97. The van der Waals surface area contributed by atoms with Crippen LogP contribution >= 0.6 is 0 Å². The third-order valence-corrected chi connectivity index (χ3v) is 6.32. The van der Waals surface area contributed by atoms with E-state index >= 15 is 0 Å². The van der Waals surface area contributed by atoms with Crippen molar-refractivity contribution in [3.8, 4) is 0 Å². The van der Waals surface area contributed by atoms with Crippen molar-refractivity contribution in [1.82, 2.24) is 19.7 Å². The van der Waals surface area contributed by atoms with Gasteiger partial charge in [0.1, 0.15) is 6.54 Å². The second-order valence-electron chi connectivity index (χ2n) is 8.55. The van der Waals surface area contributed by atoms with Crippen LogP contribution in [0.2, 0.25) is 0 Å². The molecule has 2 saturated heterocycles. The monoisotopic (exact) mass is 438 g/mol. The zero-order valence-corrected chi connectivity index (χ0v) is 18.3. The number of nitrogens with one attached hydrogen (secondary N) is 1. The number of carbonyl (C=O) groups excluding carboxylic acids is 4. The van der Waals surface area contributed by atoms with Crippen LogP contribution in [0, 0.1) is 0 Å². The first-order valence-corrected chi connectivity index (χ1v) is 11.5. The number of hydrogen-bond acceptors (Lipinski definition) is 4. The number of hydrogen-bond donors (Lipinski definition) is 1. The number of amides is 3. The second-order valence-corrected chi connectivity index (χ2v) is 8.55. The Morgan fingerprint density at radius 3 is 2.50 bits per heavy atom. The number of fused-ring (bicyclic) bond motifs is 1. The fraction of sp³-hybridized carbons (Fsp3) is 0.500. The fourth-order valence-electron chi connectivity index (χ4n) is 4.56. The molecule has 0 atom stereocenters. The highest BCUT2D eigenvalue weighted by Gasteiger charge is 2.24. The zero-order chi connectivity index (χ0) is 22.5. The van der Waals surface area contributed by atoms with Crippen molar-refractivity contribution in [2.45, 2.75) is 45.1 Å². The minimum absolute atomic E-state index is 0.0327. The molecule has 2 aromatic rings. The third kappa shape index (κ3) is 4.84. The number of aromatic nitrogens is 1. The van der Waals surface area contributed by atoms with Crippen LogP contribution in [-0.2, 0) is 20.9 Å². The van der Waals surface area contributed by atoms with Crippen molar-refractivity contribution in [3.63, 3.8) is 0 Å². The van der Waals surface area contributed by atoms with Crippen LogP contribution in [0.1, 0.15) is 48.9 Å². The van der Waals surface area contributed by atoms with Gasteiger partial charge >= 0.3 is 0 Å². The van der Waals surface area contributed by atoms with E-state index < -0.39 is 11.7 Å². The van der Waals surface area contributed by atoms with E-state index in [9.17, 15) is 19.2 Å². The molecule has 4 rings (SSSR count). The van der Waals surface area contributed by atoms with Crippen LogP contribution in [0.5, 0.6) is 0 Å². The zero-order valence-electron chi connectivity index (χ0n) is 18.3. The second kappa shape index (κ2) is 9.97. The number of nitrogens with zero attached hydrogens (tertiary/aromatic N) is 3. The van der Waals surface area contributed by atoms with Crippen LogP contribution in [0.25, 0.3) is 10.9 Å². The van der Waals surface area contributed by atoms with Crippen molar-refractivity contribution in [2.75, 3.05) is 32.7 Å². The molecule has 2 fully saturated rings. The number of Topliss-reactive ketones (excluding diaryl/α,β-unsaturated/α-hetero) is 1. The molecule has 170 valence electrons. The topological polar surface area (TPSA) is 91.7 Å². The molecule has 0 radical (unpaired) electrons. The summed E-state index contributed by atoms with van der Waals surface area (Å²) in [6, 6.07) is 7.34. The fourth-order valence-corrected chi connectivity index (χ4v) is 4.56. The Morgan fingerprint density at radius 2 is 1.75 bits per heavy atom. The first-order valence-electron chi connectivity index (χ1n) is 11.5. The average molecular weight is 439 g/mol. The van der Waals surface area contributed by atoms with Crippen LogP contribution < -0.4 is 5.32 Å². The van der Waals surface area contributed by atoms with Gasteiger partial charge in [0.2, 0.25) is 11.8 Å². The van der Waals surface area contributed by atoms with E-state index in [1.165, 1.54) is 0 Å². The molecule has 8 nitrogen and oxygen atoms in total. The lowest BCUT2D eigenvalue weighted by Gasteiger charge is -2.27.